The fourth-order valence-electron chi connectivity index (χ4n) is 2.32. The van der Waals surface area contributed by atoms with Crippen LogP contribution in [0.2, 0.25) is 0 Å². The molecule has 3 rings (SSSR count). The van der Waals surface area contributed by atoms with E-state index in [2.05, 4.69) is 17.2 Å². The zero-order valence-corrected chi connectivity index (χ0v) is 12.2. The Bertz CT molecular complexity index is 688. The minimum Gasteiger partial charge on any atom is -0.374 e. The van der Waals surface area contributed by atoms with Crippen LogP contribution in [0.1, 0.15) is 18.4 Å². The number of carbonyl (C=O) groups excluding carboxylic acids is 2. The fraction of sp³-hybridized carbons (Fsp3) is 0.200. The average molecular weight is 301 g/mol. The first-order chi connectivity index (χ1) is 10.1. The molecule has 0 saturated carbocycles. The molecule has 6 heteroatoms. The van der Waals surface area contributed by atoms with Crippen molar-refractivity contribution in [3.63, 3.8) is 0 Å². The van der Waals surface area contributed by atoms with Crippen LogP contribution < -0.4 is 10.6 Å². The second-order valence-electron chi connectivity index (χ2n) is 4.86. The standard InChI is InChI=1S/C15H15N3O2S/c1-10(16-12-4-5-13(19)17-14(12)20)11-6-9-21-15(11)18-7-2-3-8-18/h2-3,6-9,12,16H,1,4-5H2,(H,17,19,20). The number of piperidine rings is 1. The molecule has 1 aliphatic rings. The average Bonchev–Trinajstić information content (AvgIpc) is 3.10. The van der Waals surface area contributed by atoms with E-state index in [0.29, 0.717) is 18.5 Å². The minimum absolute atomic E-state index is 0.216. The molecule has 5 nitrogen and oxygen atoms in total. The molecular formula is C15H15N3O2S. The fourth-order valence-corrected chi connectivity index (χ4v) is 3.21. The summed E-state index contributed by atoms with van der Waals surface area (Å²) in [5, 5.41) is 8.50. The summed E-state index contributed by atoms with van der Waals surface area (Å²) in [6.45, 7) is 4.03. The molecular weight excluding hydrogens is 286 g/mol. The van der Waals surface area contributed by atoms with Crippen molar-refractivity contribution in [1.29, 1.82) is 0 Å². The molecule has 21 heavy (non-hydrogen) atoms. The van der Waals surface area contributed by atoms with Crippen LogP contribution in [-0.2, 0) is 9.59 Å². The molecule has 2 N–H and O–H groups in total. The molecule has 2 amide bonds. The summed E-state index contributed by atoms with van der Waals surface area (Å²) in [5.41, 5.74) is 1.65. The Hall–Kier alpha value is -2.34. The largest absolute Gasteiger partial charge is 0.374 e. The van der Waals surface area contributed by atoms with Gasteiger partial charge in [-0.05, 0) is 30.0 Å². The van der Waals surface area contributed by atoms with Crippen molar-refractivity contribution in [2.45, 2.75) is 18.9 Å². The first-order valence-electron chi connectivity index (χ1n) is 6.65. The highest BCUT2D eigenvalue weighted by molar-refractivity contribution is 7.12. The van der Waals surface area contributed by atoms with Crippen LogP contribution in [0.5, 0.6) is 0 Å². The van der Waals surface area contributed by atoms with Crippen molar-refractivity contribution in [3.8, 4) is 5.00 Å². The van der Waals surface area contributed by atoms with Gasteiger partial charge in [-0.25, -0.2) is 0 Å². The highest BCUT2D eigenvalue weighted by Crippen LogP contribution is 2.27. The number of nitrogens with one attached hydrogen (secondary N) is 2. The van der Waals surface area contributed by atoms with E-state index in [4.69, 9.17) is 0 Å². The van der Waals surface area contributed by atoms with Crippen molar-refractivity contribution in [2.75, 3.05) is 0 Å². The topological polar surface area (TPSA) is 63.1 Å². The molecule has 1 saturated heterocycles. The zero-order chi connectivity index (χ0) is 14.8. The Morgan fingerprint density at radius 3 is 2.86 bits per heavy atom. The predicted molar refractivity (Wildman–Crippen MR) is 82.0 cm³/mol. The molecule has 0 aromatic carbocycles. The molecule has 1 fully saturated rings. The van der Waals surface area contributed by atoms with Gasteiger partial charge in [0.25, 0.3) is 0 Å². The van der Waals surface area contributed by atoms with Crippen molar-refractivity contribution in [3.05, 3.63) is 48.1 Å². The van der Waals surface area contributed by atoms with Gasteiger partial charge in [0.05, 0.1) is 0 Å². The molecule has 1 aliphatic heterocycles. The molecule has 2 aromatic rings. The first-order valence-corrected chi connectivity index (χ1v) is 7.53. The Labute approximate surface area is 126 Å². The number of imide groups is 1. The molecule has 0 aliphatic carbocycles. The summed E-state index contributed by atoms with van der Waals surface area (Å²) in [7, 11) is 0. The number of amides is 2. The predicted octanol–water partition coefficient (Wildman–Crippen LogP) is 1.90. The van der Waals surface area contributed by atoms with Crippen LogP contribution in [-0.4, -0.2) is 22.4 Å². The smallest absolute Gasteiger partial charge is 0.249 e. The van der Waals surface area contributed by atoms with Gasteiger partial charge >= 0.3 is 0 Å². The lowest BCUT2D eigenvalue weighted by Gasteiger charge is -2.24. The van der Waals surface area contributed by atoms with Crippen molar-refractivity contribution < 1.29 is 9.59 Å². The van der Waals surface area contributed by atoms with Gasteiger partial charge in [0.1, 0.15) is 11.0 Å². The van der Waals surface area contributed by atoms with Gasteiger partial charge in [-0.2, -0.15) is 0 Å². The van der Waals surface area contributed by atoms with Crippen molar-refractivity contribution in [1.82, 2.24) is 15.2 Å². The van der Waals surface area contributed by atoms with E-state index in [0.717, 1.165) is 10.6 Å². The van der Waals surface area contributed by atoms with Gasteiger partial charge in [0.2, 0.25) is 11.8 Å². The van der Waals surface area contributed by atoms with E-state index < -0.39 is 6.04 Å². The van der Waals surface area contributed by atoms with Crippen LogP contribution in [0, 0.1) is 0 Å². The monoisotopic (exact) mass is 301 g/mol. The maximum Gasteiger partial charge on any atom is 0.249 e. The van der Waals surface area contributed by atoms with Gasteiger partial charge in [-0.1, -0.05) is 6.58 Å². The quantitative estimate of drug-likeness (QED) is 0.848. The maximum atomic E-state index is 11.8. The minimum atomic E-state index is -0.410. The number of nitrogens with zero attached hydrogens (tertiary/aromatic N) is 1. The molecule has 108 valence electrons. The SMILES string of the molecule is C=C(NC1CCC(=O)NC1=O)c1ccsc1-n1cccc1. The number of carbonyl (C=O) groups is 2. The van der Waals surface area contributed by atoms with E-state index in [1.54, 1.807) is 11.3 Å². The second kappa shape index (κ2) is 5.57. The molecule has 1 unspecified atom stereocenters. The Morgan fingerprint density at radius 2 is 2.14 bits per heavy atom. The van der Waals surface area contributed by atoms with Crippen LogP contribution in [0.25, 0.3) is 10.7 Å². The van der Waals surface area contributed by atoms with Crippen LogP contribution >= 0.6 is 11.3 Å². The summed E-state index contributed by atoms with van der Waals surface area (Å²) >= 11 is 1.61. The lowest BCUT2D eigenvalue weighted by atomic mass is 10.1. The summed E-state index contributed by atoms with van der Waals surface area (Å²) in [6.07, 6.45) is 4.78. The Morgan fingerprint density at radius 1 is 1.38 bits per heavy atom. The van der Waals surface area contributed by atoms with E-state index >= 15 is 0 Å². The van der Waals surface area contributed by atoms with E-state index in [9.17, 15) is 9.59 Å². The zero-order valence-electron chi connectivity index (χ0n) is 11.3. The van der Waals surface area contributed by atoms with Crippen LogP contribution in [0.3, 0.4) is 0 Å². The molecule has 3 heterocycles. The van der Waals surface area contributed by atoms with Gasteiger partial charge < -0.3 is 9.88 Å². The summed E-state index contributed by atoms with van der Waals surface area (Å²) in [5.74, 6) is -0.502. The van der Waals surface area contributed by atoms with E-state index in [1.807, 2.05) is 40.5 Å². The normalized spacial score (nSPS) is 18.4. The van der Waals surface area contributed by atoms with Gasteiger partial charge in [0, 0.05) is 30.1 Å². The summed E-state index contributed by atoms with van der Waals surface area (Å²) in [6, 6.07) is 5.48. The van der Waals surface area contributed by atoms with Crippen LogP contribution in [0.4, 0.5) is 0 Å². The number of rotatable bonds is 4. The third-order valence-corrected chi connectivity index (χ3v) is 4.32. The lowest BCUT2D eigenvalue weighted by molar-refractivity contribution is -0.134. The highest BCUT2D eigenvalue weighted by atomic mass is 32.1. The van der Waals surface area contributed by atoms with E-state index in [1.165, 1.54) is 0 Å². The van der Waals surface area contributed by atoms with Crippen molar-refractivity contribution in [2.24, 2.45) is 0 Å². The van der Waals surface area contributed by atoms with Gasteiger partial charge in [-0.3, -0.25) is 14.9 Å². The third-order valence-electron chi connectivity index (χ3n) is 3.40. The number of hydrogen-bond acceptors (Lipinski definition) is 4. The lowest BCUT2D eigenvalue weighted by Crippen LogP contribution is -2.50. The number of aromatic nitrogens is 1. The van der Waals surface area contributed by atoms with Gasteiger partial charge in [0.15, 0.2) is 0 Å². The number of hydrogen-bond donors (Lipinski definition) is 2. The van der Waals surface area contributed by atoms with Gasteiger partial charge in [-0.15, -0.1) is 11.3 Å². The Balaban J connectivity index is 1.76. The summed E-state index contributed by atoms with van der Waals surface area (Å²) < 4.78 is 2.01. The highest BCUT2D eigenvalue weighted by Gasteiger charge is 2.27. The maximum absolute atomic E-state index is 11.8. The van der Waals surface area contributed by atoms with E-state index in [-0.39, 0.29) is 11.8 Å². The summed E-state index contributed by atoms with van der Waals surface area (Å²) in [4.78, 5) is 22.9. The molecule has 0 bridgehead atoms. The molecule has 2 aromatic heterocycles. The van der Waals surface area contributed by atoms with Crippen molar-refractivity contribution >= 4 is 28.8 Å². The number of thiophene rings is 1. The molecule has 1 atom stereocenters. The second-order valence-corrected chi connectivity index (χ2v) is 5.75. The molecule has 0 spiro atoms. The first kappa shape index (κ1) is 13.6. The Kier molecular flexibility index (Phi) is 3.62. The van der Waals surface area contributed by atoms with Crippen LogP contribution in [0.15, 0.2) is 42.6 Å². The molecule has 0 radical (unpaired) electrons. The third kappa shape index (κ3) is 2.75.